The lowest BCUT2D eigenvalue weighted by Crippen LogP contribution is -1.96. The minimum atomic E-state index is 0.978. The Morgan fingerprint density at radius 2 is 1.60 bits per heavy atom. The monoisotopic (exact) mass is 217 g/mol. The number of aromatic nitrogens is 1. The predicted octanol–water partition coefficient (Wildman–Crippen LogP) is 3.83. The van der Waals surface area contributed by atoms with E-state index < -0.39 is 0 Å². The first kappa shape index (κ1) is 10.4. The summed E-state index contributed by atoms with van der Waals surface area (Å²) in [6.45, 7) is 6.33. The summed E-state index contributed by atoms with van der Waals surface area (Å²) in [5.41, 5.74) is 5.01. The molecule has 15 heavy (non-hydrogen) atoms. The van der Waals surface area contributed by atoms with Crippen molar-refractivity contribution in [3.63, 3.8) is 0 Å². The minimum Gasteiger partial charge on any atom is -0.350 e. The van der Waals surface area contributed by atoms with Gasteiger partial charge in [-0.1, -0.05) is 12.2 Å². The molecule has 2 heteroatoms. The molecule has 1 heterocycles. The Hall–Kier alpha value is -1.15. The molecule has 1 aromatic heterocycles. The van der Waals surface area contributed by atoms with E-state index in [-0.39, 0.29) is 0 Å². The molecule has 0 saturated heterocycles. The lowest BCUT2D eigenvalue weighted by molar-refractivity contribution is 0.940. The molecule has 0 atom stereocenters. The third kappa shape index (κ3) is 1.59. The number of fused-ring (bicyclic) bond motifs is 1. The Labute approximate surface area is 95.4 Å². The van der Waals surface area contributed by atoms with Crippen LogP contribution in [-0.2, 0) is 7.05 Å². The van der Waals surface area contributed by atoms with Crippen molar-refractivity contribution in [2.24, 2.45) is 7.05 Å². The van der Waals surface area contributed by atoms with Crippen LogP contribution in [0.5, 0.6) is 0 Å². The first-order valence-electron chi connectivity index (χ1n) is 5.08. The Kier molecular flexibility index (Phi) is 2.39. The van der Waals surface area contributed by atoms with E-state index in [1.54, 1.807) is 0 Å². The lowest BCUT2D eigenvalue weighted by atomic mass is 10.1. The summed E-state index contributed by atoms with van der Waals surface area (Å²) in [5.74, 6) is 0. The second kappa shape index (κ2) is 3.46. The van der Waals surface area contributed by atoms with E-state index in [2.05, 4.69) is 50.7 Å². The van der Waals surface area contributed by atoms with Crippen LogP contribution in [-0.4, -0.2) is 4.57 Å². The van der Waals surface area contributed by atoms with Crippen LogP contribution in [0.25, 0.3) is 10.9 Å². The molecule has 78 valence electrons. The fraction of sp³-hybridized carbons (Fsp3) is 0.308. The number of hydrogen-bond acceptors (Lipinski definition) is 1. The molecule has 2 rings (SSSR count). The molecule has 0 amide bonds. The third-order valence-electron chi connectivity index (χ3n) is 2.98. The second-order valence-electron chi connectivity index (χ2n) is 4.21. The SMILES string of the molecule is Cc1cc2c(=S)c(C)cn(C)c2cc1C. The Balaban J connectivity index is 3.04. The van der Waals surface area contributed by atoms with Gasteiger partial charge in [0.2, 0.25) is 0 Å². The molecule has 1 aromatic carbocycles. The van der Waals surface area contributed by atoms with E-state index in [0.29, 0.717) is 0 Å². The third-order valence-corrected chi connectivity index (χ3v) is 3.52. The van der Waals surface area contributed by atoms with Crippen molar-refractivity contribution >= 4 is 23.1 Å². The van der Waals surface area contributed by atoms with Crippen molar-refractivity contribution in [2.75, 3.05) is 0 Å². The van der Waals surface area contributed by atoms with Crippen molar-refractivity contribution in [1.82, 2.24) is 4.57 Å². The average molecular weight is 217 g/mol. The minimum absolute atomic E-state index is 0.978. The fourth-order valence-corrected chi connectivity index (χ4v) is 2.12. The normalized spacial score (nSPS) is 10.9. The van der Waals surface area contributed by atoms with Gasteiger partial charge >= 0.3 is 0 Å². The Morgan fingerprint density at radius 3 is 2.27 bits per heavy atom. The average Bonchev–Trinajstić information content (AvgIpc) is 2.18. The van der Waals surface area contributed by atoms with Crippen LogP contribution in [0.15, 0.2) is 18.3 Å². The van der Waals surface area contributed by atoms with E-state index in [1.165, 1.54) is 27.6 Å². The molecule has 0 aliphatic carbocycles. The van der Waals surface area contributed by atoms with E-state index >= 15 is 0 Å². The highest BCUT2D eigenvalue weighted by molar-refractivity contribution is 7.71. The molecule has 0 unspecified atom stereocenters. The highest BCUT2D eigenvalue weighted by Gasteiger charge is 2.03. The van der Waals surface area contributed by atoms with Gasteiger partial charge in [0.15, 0.2) is 0 Å². The molecular formula is C13H15NS. The first-order valence-corrected chi connectivity index (χ1v) is 5.48. The van der Waals surface area contributed by atoms with Crippen molar-refractivity contribution in [1.29, 1.82) is 0 Å². The fourth-order valence-electron chi connectivity index (χ4n) is 1.91. The van der Waals surface area contributed by atoms with Crippen molar-refractivity contribution in [3.05, 3.63) is 39.5 Å². The number of nitrogens with zero attached hydrogens (tertiary/aromatic N) is 1. The molecular weight excluding hydrogens is 202 g/mol. The van der Waals surface area contributed by atoms with E-state index in [0.717, 1.165) is 4.51 Å². The van der Waals surface area contributed by atoms with Gasteiger partial charge < -0.3 is 4.57 Å². The highest BCUT2D eigenvalue weighted by atomic mass is 32.1. The Bertz CT molecular complexity index is 593. The molecule has 0 N–H and O–H groups in total. The van der Waals surface area contributed by atoms with Crippen molar-refractivity contribution in [3.8, 4) is 0 Å². The molecule has 0 bridgehead atoms. The molecule has 0 saturated carbocycles. The molecule has 0 fully saturated rings. The summed E-state index contributed by atoms with van der Waals surface area (Å²) < 4.78 is 3.12. The maximum atomic E-state index is 5.44. The zero-order valence-corrected chi connectivity index (χ0v) is 10.4. The molecule has 0 radical (unpaired) electrons. The summed E-state index contributed by atoms with van der Waals surface area (Å²) in [4.78, 5) is 0. The van der Waals surface area contributed by atoms with Crippen molar-refractivity contribution < 1.29 is 0 Å². The van der Waals surface area contributed by atoms with Gasteiger partial charge in [0.05, 0.1) is 4.51 Å². The maximum Gasteiger partial charge on any atom is 0.0514 e. The van der Waals surface area contributed by atoms with E-state index in [9.17, 15) is 0 Å². The van der Waals surface area contributed by atoms with Gasteiger partial charge in [0.25, 0.3) is 0 Å². The van der Waals surface area contributed by atoms with Crippen LogP contribution in [0.3, 0.4) is 0 Å². The predicted molar refractivity (Wildman–Crippen MR) is 68.0 cm³/mol. The summed E-state index contributed by atoms with van der Waals surface area (Å²) in [6.07, 6.45) is 2.10. The van der Waals surface area contributed by atoms with E-state index in [1.807, 2.05) is 0 Å². The lowest BCUT2D eigenvalue weighted by Gasteiger charge is -2.10. The summed E-state index contributed by atoms with van der Waals surface area (Å²) in [6, 6.07) is 4.40. The zero-order chi connectivity index (χ0) is 11.2. The molecule has 0 spiro atoms. The van der Waals surface area contributed by atoms with Crippen LogP contribution in [0.1, 0.15) is 16.7 Å². The molecule has 2 aromatic rings. The van der Waals surface area contributed by atoms with Crippen molar-refractivity contribution in [2.45, 2.75) is 20.8 Å². The highest BCUT2D eigenvalue weighted by Crippen LogP contribution is 2.21. The molecule has 0 aliphatic rings. The number of rotatable bonds is 0. The second-order valence-corrected chi connectivity index (χ2v) is 4.61. The van der Waals surface area contributed by atoms with Gasteiger partial charge in [-0.15, -0.1) is 0 Å². The topological polar surface area (TPSA) is 4.93 Å². The van der Waals surface area contributed by atoms with Gasteiger partial charge in [-0.25, -0.2) is 0 Å². The number of aryl methyl sites for hydroxylation is 4. The number of benzene rings is 1. The number of pyridine rings is 1. The maximum absolute atomic E-state index is 5.44. The summed E-state index contributed by atoms with van der Waals surface area (Å²) in [7, 11) is 2.07. The number of hydrogen-bond donors (Lipinski definition) is 0. The zero-order valence-electron chi connectivity index (χ0n) is 9.59. The standard InChI is InChI=1S/C13H15NS/c1-8-5-11-12(6-9(8)2)14(4)7-10(3)13(11)15/h5-7H,1-4H3. The summed E-state index contributed by atoms with van der Waals surface area (Å²) >= 11 is 5.44. The van der Waals surface area contributed by atoms with Crippen LogP contribution < -0.4 is 0 Å². The molecule has 1 nitrogen and oxygen atoms in total. The van der Waals surface area contributed by atoms with Gasteiger partial charge in [-0.2, -0.15) is 0 Å². The first-order chi connectivity index (χ1) is 7.00. The van der Waals surface area contributed by atoms with Crippen LogP contribution >= 0.6 is 12.2 Å². The smallest absolute Gasteiger partial charge is 0.0514 e. The van der Waals surface area contributed by atoms with E-state index in [4.69, 9.17) is 12.2 Å². The van der Waals surface area contributed by atoms with Crippen LogP contribution in [0.2, 0.25) is 0 Å². The van der Waals surface area contributed by atoms with Gasteiger partial charge in [-0.05, 0) is 49.6 Å². The van der Waals surface area contributed by atoms with Gasteiger partial charge in [0.1, 0.15) is 0 Å². The van der Waals surface area contributed by atoms with Crippen LogP contribution in [0, 0.1) is 25.3 Å². The van der Waals surface area contributed by atoms with Gasteiger partial charge in [0, 0.05) is 24.1 Å². The Morgan fingerprint density at radius 1 is 1.00 bits per heavy atom. The quantitative estimate of drug-likeness (QED) is 0.607. The van der Waals surface area contributed by atoms with Crippen LogP contribution in [0.4, 0.5) is 0 Å². The summed E-state index contributed by atoms with van der Waals surface area (Å²) in [5, 5.41) is 1.19. The van der Waals surface area contributed by atoms with Gasteiger partial charge in [-0.3, -0.25) is 0 Å². The molecule has 0 aliphatic heterocycles. The largest absolute Gasteiger partial charge is 0.350 e.